The summed E-state index contributed by atoms with van der Waals surface area (Å²) in [5, 5.41) is 2.82. The number of carbonyl (C=O) groups is 1. The van der Waals surface area contributed by atoms with Crippen LogP contribution >= 0.6 is 0 Å². The molecule has 0 bridgehead atoms. The molecule has 0 spiro atoms. The zero-order chi connectivity index (χ0) is 20.2. The van der Waals surface area contributed by atoms with Crippen molar-refractivity contribution >= 4 is 11.6 Å². The molecule has 1 N–H and O–H groups in total. The van der Waals surface area contributed by atoms with Crippen LogP contribution in [0, 0.1) is 13.8 Å². The SMILES string of the molecule is Cc1ccc(OCc2ccc(C(=O)Nc3ccc4c(c3)OCCCO4)o2)c(C)c1. The third kappa shape index (κ3) is 4.54. The van der Waals surface area contributed by atoms with Crippen molar-refractivity contribution in [2.45, 2.75) is 26.9 Å². The molecular weight excluding hydrogens is 370 g/mol. The van der Waals surface area contributed by atoms with Crippen molar-refractivity contribution in [3.8, 4) is 17.2 Å². The minimum atomic E-state index is -0.336. The normalized spacial score (nSPS) is 12.9. The van der Waals surface area contributed by atoms with Crippen LogP contribution < -0.4 is 19.5 Å². The van der Waals surface area contributed by atoms with E-state index < -0.39 is 0 Å². The highest BCUT2D eigenvalue weighted by molar-refractivity contribution is 6.02. The fourth-order valence-electron chi connectivity index (χ4n) is 3.12. The van der Waals surface area contributed by atoms with Crippen LogP contribution in [0.1, 0.15) is 33.9 Å². The molecule has 0 saturated heterocycles. The van der Waals surface area contributed by atoms with E-state index in [1.165, 1.54) is 5.56 Å². The van der Waals surface area contributed by atoms with E-state index in [9.17, 15) is 4.79 Å². The summed E-state index contributed by atoms with van der Waals surface area (Å²) in [6.07, 6.45) is 0.829. The molecule has 2 heterocycles. The largest absolute Gasteiger partial charge is 0.490 e. The quantitative estimate of drug-likeness (QED) is 0.668. The highest BCUT2D eigenvalue weighted by atomic mass is 16.5. The number of fused-ring (bicyclic) bond motifs is 1. The molecule has 3 aromatic rings. The van der Waals surface area contributed by atoms with E-state index in [0.717, 1.165) is 17.7 Å². The number of amides is 1. The van der Waals surface area contributed by atoms with E-state index in [1.54, 1.807) is 30.3 Å². The first-order valence-corrected chi connectivity index (χ1v) is 9.58. The third-order valence-electron chi connectivity index (χ3n) is 4.59. The fourth-order valence-corrected chi connectivity index (χ4v) is 3.12. The second-order valence-electron chi connectivity index (χ2n) is 6.99. The number of furan rings is 1. The Balaban J connectivity index is 1.39. The molecule has 6 nitrogen and oxygen atoms in total. The predicted octanol–water partition coefficient (Wildman–Crippen LogP) is 4.89. The molecule has 0 saturated carbocycles. The van der Waals surface area contributed by atoms with Crippen molar-refractivity contribution in [3.63, 3.8) is 0 Å². The molecule has 1 aliphatic rings. The fraction of sp³-hybridized carbons (Fsp3) is 0.261. The molecule has 0 atom stereocenters. The van der Waals surface area contributed by atoms with Gasteiger partial charge in [0.05, 0.1) is 13.2 Å². The van der Waals surface area contributed by atoms with Gasteiger partial charge in [-0.25, -0.2) is 0 Å². The molecule has 0 fully saturated rings. The van der Waals surface area contributed by atoms with Gasteiger partial charge in [-0.2, -0.15) is 0 Å². The van der Waals surface area contributed by atoms with Crippen LogP contribution in [0.25, 0.3) is 0 Å². The highest BCUT2D eigenvalue weighted by Gasteiger charge is 2.15. The number of aryl methyl sites for hydroxylation is 2. The Morgan fingerprint density at radius 2 is 1.83 bits per heavy atom. The maximum Gasteiger partial charge on any atom is 0.291 e. The van der Waals surface area contributed by atoms with Crippen LogP contribution in [0.4, 0.5) is 5.69 Å². The zero-order valence-electron chi connectivity index (χ0n) is 16.5. The first-order chi connectivity index (χ1) is 14.1. The standard InChI is InChI=1S/C23H23NO5/c1-15-4-7-19(16(2)12-15)28-14-18-6-9-21(29-18)23(25)24-17-5-8-20-22(13-17)27-11-3-10-26-20/h4-9,12-13H,3,10-11,14H2,1-2H3,(H,24,25). The minimum absolute atomic E-state index is 0.219. The number of ether oxygens (including phenoxy) is 3. The van der Waals surface area contributed by atoms with Crippen LogP contribution in [-0.4, -0.2) is 19.1 Å². The maximum atomic E-state index is 12.5. The molecular formula is C23H23NO5. The smallest absolute Gasteiger partial charge is 0.291 e. The summed E-state index contributed by atoms with van der Waals surface area (Å²) < 4.78 is 22.7. The molecule has 0 aliphatic carbocycles. The molecule has 29 heavy (non-hydrogen) atoms. The van der Waals surface area contributed by atoms with Crippen LogP contribution in [0.2, 0.25) is 0 Å². The van der Waals surface area contributed by atoms with Crippen LogP contribution in [0.3, 0.4) is 0 Å². The average molecular weight is 393 g/mol. The lowest BCUT2D eigenvalue weighted by atomic mass is 10.1. The number of anilines is 1. The van der Waals surface area contributed by atoms with Crippen LogP contribution in [0.5, 0.6) is 17.2 Å². The molecule has 4 rings (SSSR count). The van der Waals surface area contributed by atoms with Gasteiger partial charge in [0, 0.05) is 18.2 Å². The Hall–Kier alpha value is -3.41. The van der Waals surface area contributed by atoms with Gasteiger partial charge >= 0.3 is 0 Å². The molecule has 1 aliphatic heterocycles. The molecule has 6 heteroatoms. The maximum absolute atomic E-state index is 12.5. The van der Waals surface area contributed by atoms with Crippen molar-refractivity contribution in [1.29, 1.82) is 0 Å². The number of carbonyl (C=O) groups excluding carboxylic acids is 1. The van der Waals surface area contributed by atoms with E-state index >= 15 is 0 Å². The lowest BCUT2D eigenvalue weighted by Crippen LogP contribution is -2.11. The molecule has 0 radical (unpaired) electrons. The number of nitrogens with one attached hydrogen (secondary N) is 1. The summed E-state index contributed by atoms with van der Waals surface area (Å²) in [6, 6.07) is 14.7. The summed E-state index contributed by atoms with van der Waals surface area (Å²) >= 11 is 0. The van der Waals surface area contributed by atoms with E-state index in [1.807, 2.05) is 26.0 Å². The molecule has 150 valence electrons. The van der Waals surface area contributed by atoms with Crippen LogP contribution in [0.15, 0.2) is 52.9 Å². The van der Waals surface area contributed by atoms with Crippen molar-refractivity contribution in [1.82, 2.24) is 0 Å². The first-order valence-electron chi connectivity index (χ1n) is 9.58. The Morgan fingerprint density at radius 1 is 1.00 bits per heavy atom. The van der Waals surface area contributed by atoms with Gasteiger partial charge in [0.1, 0.15) is 18.1 Å². The second-order valence-corrected chi connectivity index (χ2v) is 6.99. The molecule has 1 aromatic heterocycles. The summed E-state index contributed by atoms with van der Waals surface area (Å²) in [5.74, 6) is 2.57. The van der Waals surface area contributed by atoms with Crippen molar-refractivity contribution in [2.75, 3.05) is 18.5 Å². The Morgan fingerprint density at radius 3 is 2.66 bits per heavy atom. The van der Waals surface area contributed by atoms with Crippen molar-refractivity contribution in [2.24, 2.45) is 0 Å². The molecule has 1 amide bonds. The lowest BCUT2D eigenvalue weighted by Gasteiger charge is -2.10. The number of hydrogen-bond acceptors (Lipinski definition) is 5. The molecule has 2 aromatic carbocycles. The van der Waals surface area contributed by atoms with Gasteiger partial charge in [-0.05, 0) is 49.7 Å². The number of rotatable bonds is 5. The summed E-state index contributed by atoms with van der Waals surface area (Å²) in [4.78, 5) is 12.5. The Labute approximate surface area is 169 Å². The van der Waals surface area contributed by atoms with Crippen molar-refractivity contribution in [3.05, 3.63) is 71.2 Å². The Kier molecular flexibility index (Phi) is 5.42. The van der Waals surface area contributed by atoms with Crippen LogP contribution in [-0.2, 0) is 6.61 Å². The Bertz CT molecular complexity index is 1020. The van der Waals surface area contributed by atoms with E-state index in [-0.39, 0.29) is 18.3 Å². The lowest BCUT2D eigenvalue weighted by molar-refractivity contribution is 0.0992. The highest BCUT2D eigenvalue weighted by Crippen LogP contribution is 2.32. The van der Waals surface area contributed by atoms with Gasteiger partial charge < -0.3 is 23.9 Å². The number of benzene rings is 2. The summed E-state index contributed by atoms with van der Waals surface area (Å²) in [6.45, 7) is 5.50. The third-order valence-corrected chi connectivity index (χ3v) is 4.59. The predicted molar refractivity (Wildman–Crippen MR) is 109 cm³/mol. The van der Waals surface area contributed by atoms with Crippen molar-refractivity contribution < 1.29 is 23.4 Å². The van der Waals surface area contributed by atoms with E-state index in [0.29, 0.717) is 36.2 Å². The minimum Gasteiger partial charge on any atom is -0.490 e. The van der Waals surface area contributed by atoms with E-state index in [2.05, 4.69) is 11.4 Å². The number of hydrogen-bond donors (Lipinski definition) is 1. The summed E-state index contributed by atoms with van der Waals surface area (Å²) in [7, 11) is 0. The van der Waals surface area contributed by atoms with Gasteiger partial charge in [0.15, 0.2) is 17.3 Å². The summed E-state index contributed by atoms with van der Waals surface area (Å²) in [5.41, 5.74) is 2.86. The first kappa shape index (κ1) is 18.9. The van der Waals surface area contributed by atoms with Gasteiger partial charge in [-0.15, -0.1) is 0 Å². The second kappa shape index (κ2) is 8.31. The van der Waals surface area contributed by atoms with Gasteiger partial charge in [-0.3, -0.25) is 4.79 Å². The zero-order valence-corrected chi connectivity index (χ0v) is 16.5. The monoisotopic (exact) mass is 393 g/mol. The van der Waals surface area contributed by atoms with Gasteiger partial charge in [0.25, 0.3) is 5.91 Å². The average Bonchev–Trinajstić information content (AvgIpc) is 3.05. The van der Waals surface area contributed by atoms with Gasteiger partial charge in [0.2, 0.25) is 0 Å². The topological polar surface area (TPSA) is 69.9 Å². The van der Waals surface area contributed by atoms with E-state index in [4.69, 9.17) is 18.6 Å². The molecule has 0 unspecified atom stereocenters. The van der Waals surface area contributed by atoms with Gasteiger partial charge in [-0.1, -0.05) is 17.7 Å².